The minimum absolute atomic E-state index is 0.148. The fourth-order valence-corrected chi connectivity index (χ4v) is 6.51. The highest BCUT2D eigenvalue weighted by atomic mass is 32.2. The number of fused-ring (bicyclic) bond motifs is 1. The molecular weight excluding hydrogens is 464 g/mol. The van der Waals surface area contributed by atoms with Gasteiger partial charge in [0.25, 0.3) is 11.9 Å². The Bertz CT molecular complexity index is 1430. The Morgan fingerprint density at radius 2 is 1.63 bits per heavy atom. The summed E-state index contributed by atoms with van der Waals surface area (Å²) < 4.78 is 34.7. The summed E-state index contributed by atoms with van der Waals surface area (Å²) >= 11 is 0. The lowest BCUT2D eigenvalue weighted by Crippen LogP contribution is -2.49. The zero-order valence-electron chi connectivity index (χ0n) is 20.7. The number of aromatic nitrogens is 1. The van der Waals surface area contributed by atoms with E-state index in [9.17, 15) is 13.2 Å². The second kappa shape index (κ2) is 9.36. The van der Waals surface area contributed by atoms with E-state index in [4.69, 9.17) is 10.8 Å². The molecule has 0 unspecified atom stereocenters. The number of nitrogens with one attached hydrogen (secondary N) is 1. The van der Waals surface area contributed by atoms with Crippen molar-refractivity contribution in [3.05, 3.63) is 51.6 Å². The number of carbonyl (C=O) groups is 1. The van der Waals surface area contributed by atoms with E-state index in [1.165, 1.54) is 0 Å². The maximum atomic E-state index is 13.6. The van der Waals surface area contributed by atoms with Crippen molar-refractivity contribution >= 4 is 33.0 Å². The van der Waals surface area contributed by atoms with Crippen molar-refractivity contribution in [3.63, 3.8) is 0 Å². The molecule has 2 heterocycles. The van der Waals surface area contributed by atoms with E-state index in [2.05, 4.69) is 16.2 Å². The topological polar surface area (TPSA) is 95.8 Å². The van der Waals surface area contributed by atoms with E-state index in [0.29, 0.717) is 53.8 Å². The molecule has 1 N–H and O–H groups in total. The highest BCUT2D eigenvalue weighted by molar-refractivity contribution is 7.89. The summed E-state index contributed by atoms with van der Waals surface area (Å²) in [6, 6.07) is 5.42. The predicted molar refractivity (Wildman–Crippen MR) is 136 cm³/mol. The van der Waals surface area contributed by atoms with Gasteiger partial charge in [0.2, 0.25) is 10.0 Å². The van der Waals surface area contributed by atoms with Crippen molar-refractivity contribution in [3.8, 4) is 12.3 Å². The van der Waals surface area contributed by atoms with Crippen LogP contribution in [0.2, 0.25) is 0 Å². The first-order chi connectivity index (χ1) is 16.6. The number of rotatable bonds is 5. The van der Waals surface area contributed by atoms with Crippen LogP contribution in [0, 0.1) is 47.0 Å². The van der Waals surface area contributed by atoms with Crippen LogP contribution >= 0.6 is 0 Å². The third-order valence-corrected chi connectivity index (χ3v) is 9.20. The van der Waals surface area contributed by atoms with Gasteiger partial charge in [-0.2, -0.15) is 9.29 Å². The molecule has 184 valence electrons. The van der Waals surface area contributed by atoms with Crippen LogP contribution in [-0.4, -0.2) is 56.3 Å². The van der Waals surface area contributed by atoms with Crippen LogP contribution in [-0.2, 0) is 10.0 Å². The highest BCUT2D eigenvalue weighted by Crippen LogP contribution is 2.32. The van der Waals surface area contributed by atoms with Gasteiger partial charge in [0.05, 0.1) is 11.4 Å². The monoisotopic (exact) mass is 494 g/mol. The number of anilines is 1. The first-order valence-electron chi connectivity index (χ1n) is 11.5. The number of piperazine rings is 1. The molecule has 1 aromatic heterocycles. The average molecular weight is 495 g/mol. The van der Waals surface area contributed by atoms with Crippen molar-refractivity contribution in [2.75, 3.05) is 37.6 Å². The Morgan fingerprint density at radius 1 is 1.03 bits per heavy atom. The lowest BCUT2D eigenvalue weighted by atomic mass is 9.95. The molecule has 0 saturated carbocycles. The third kappa shape index (κ3) is 4.40. The number of oxazole rings is 1. The van der Waals surface area contributed by atoms with Crippen molar-refractivity contribution in [2.24, 2.45) is 0 Å². The van der Waals surface area contributed by atoms with Crippen molar-refractivity contribution in [1.82, 2.24) is 14.6 Å². The van der Waals surface area contributed by atoms with Gasteiger partial charge in [-0.3, -0.25) is 4.79 Å². The summed E-state index contributed by atoms with van der Waals surface area (Å²) in [5, 5.41) is 2.63. The molecule has 0 aliphatic carbocycles. The van der Waals surface area contributed by atoms with Crippen LogP contribution in [0.5, 0.6) is 0 Å². The van der Waals surface area contributed by atoms with Gasteiger partial charge in [-0.05, 0) is 80.6 Å². The molecule has 8 nitrogen and oxygen atoms in total. The Labute approximate surface area is 206 Å². The van der Waals surface area contributed by atoms with Gasteiger partial charge in [0.15, 0.2) is 5.58 Å². The predicted octanol–water partition coefficient (Wildman–Crippen LogP) is 3.24. The van der Waals surface area contributed by atoms with E-state index < -0.39 is 10.0 Å². The fraction of sp³-hybridized carbons (Fsp3) is 0.385. The molecule has 1 fully saturated rings. The maximum Gasteiger partial charge on any atom is 0.298 e. The smallest absolute Gasteiger partial charge is 0.298 e. The van der Waals surface area contributed by atoms with Crippen LogP contribution in [0.3, 0.4) is 0 Å². The number of hydrogen-bond donors (Lipinski definition) is 1. The van der Waals surface area contributed by atoms with Crippen molar-refractivity contribution in [1.29, 1.82) is 0 Å². The van der Waals surface area contributed by atoms with Crippen LogP contribution in [0.25, 0.3) is 11.1 Å². The number of carbonyl (C=O) groups excluding carboxylic acids is 1. The fourth-order valence-electron chi connectivity index (χ4n) is 4.53. The molecule has 0 spiro atoms. The molecule has 1 aliphatic rings. The number of amides is 1. The van der Waals surface area contributed by atoms with Gasteiger partial charge >= 0.3 is 0 Å². The molecular formula is C26H30N4O4S. The summed E-state index contributed by atoms with van der Waals surface area (Å²) in [4.78, 5) is 19.1. The Kier molecular flexibility index (Phi) is 6.62. The maximum absolute atomic E-state index is 13.6. The highest BCUT2D eigenvalue weighted by Gasteiger charge is 2.33. The minimum atomic E-state index is -3.64. The third-order valence-electron chi connectivity index (χ3n) is 7.03. The Balaban J connectivity index is 1.53. The van der Waals surface area contributed by atoms with Gasteiger partial charge in [0.1, 0.15) is 5.52 Å². The summed E-state index contributed by atoms with van der Waals surface area (Å²) in [5.74, 6) is 2.09. The summed E-state index contributed by atoms with van der Waals surface area (Å²) in [5.41, 5.74) is 6.35. The van der Waals surface area contributed by atoms with Gasteiger partial charge < -0.3 is 14.6 Å². The normalized spacial score (nSPS) is 14.8. The largest absolute Gasteiger partial charge is 0.423 e. The first kappa shape index (κ1) is 24.8. The molecule has 4 rings (SSSR count). The summed E-state index contributed by atoms with van der Waals surface area (Å²) in [7, 11) is -3.64. The van der Waals surface area contributed by atoms with Crippen LogP contribution < -0.4 is 10.2 Å². The standard InChI is InChI=1S/C26H30N4O4S/c1-7-10-27-25(31)21-8-9-23-22(15-21)28-26(34-23)29-11-13-30(14-12-29)35(32,33)24-19(5)17(3)16(2)18(4)20(24)6/h1,8-9,15H,10-14H2,2-6H3,(H,27,31). The van der Waals surface area contributed by atoms with Gasteiger partial charge in [-0.15, -0.1) is 6.42 Å². The lowest BCUT2D eigenvalue weighted by molar-refractivity contribution is 0.0959. The molecule has 0 atom stereocenters. The molecule has 0 bridgehead atoms. The van der Waals surface area contributed by atoms with Crippen molar-refractivity contribution in [2.45, 2.75) is 39.5 Å². The Morgan fingerprint density at radius 3 is 2.23 bits per heavy atom. The summed E-state index contributed by atoms with van der Waals surface area (Å²) in [6.45, 7) is 11.5. The van der Waals surface area contributed by atoms with Crippen LogP contribution in [0.15, 0.2) is 27.5 Å². The number of hydrogen-bond acceptors (Lipinski definition) is 6. The molecule has 9 heteroatoms. The first-order valence-corrected chi connectivity index (χ1v) is 12.9. The minimum Gasteiger partial charge on any atom is -0.423 e. The van der Waals surface area contributed by atoms with Crippen LogP contribution in [0.1, 0.15) is 38.2 Å². The molecule has 2 aromatic carbocycles. The molecule has 1 saturated heterocycles. The Hall–Kier alpha value is -3.35. The van der Waals surface area contributed by atoms with E-state index in [-0.39, 0.29) is 12.5 Å². The SMILES string of the molecule is C#CCNC(=O)c1ccc2oc(N3CCN(S(=O)(=O)c4c(C)c(C)c(C)c(C)c4C)CC3)nc2c1. The number of sulfonamides is 1. The second-order valence-corrected chi connectivity index (χ2v) is 10.8. The van der Waals surface area contributed by atoms with Gasteiger partial charge in [0, 0.05) is 31.7 Å². The quantitative estimate of drug-likeness (QED) is 0.547. The zero-order chi connectivity index (χ0) is 25.5. The molecule has 35 heavy (non-hydrogen) atoms. The number of terminal acetylenes is 1. The number of benzene rings is 2. The zero-order valence-corrected chi connectivity index (χ0v) is 21.5. The lowest BCUT2D eigenvalue weighted by Gasteiger charge is -2.34. The number of nitrogens with zero attached hydrogens (tertiary/aromatic N) is 3. The van der Waals surface area contributed by atoms with E-state index in [1.54, 1.807) is 22.5 Å². The van der Waals surface area contributed by atoms with E-state index in [0.717, 1.165) is 27.8 Å². The van der Waals surface area contributed by atoms with E-state index in [1.807, 2.05) is 39.5 Å². The van der Waals surface area contributed by atoms with Crippen molar-refractivity contribution < 1.29 is 17.6 Å². The molecule has 0 radical (unpaired) electrons. The van der Waals surface area contributed by atoms with E-state index >= 15 is 0 Å². The average Bonchev–Trinajstić information content (AvgIpc) is 3.28. The van der Waals surface area contributed by atoms with Crippen LogP contribution in [0.4, 0.5) is 6.01 Å². The molecule has 1 aliphatic heterocycles. The molecule has 1 amide bonds. The molecule has 3 aromatic rings. The summed E-state index contributed by atoms with van der Waals surface area (Å²) in [6.07, 6.45) is 5.20. The van der Waals surface area contributed by atoms with Gasteiger partial charge in [-0.1, -0.05) is 5.92 Å². The van der Waals surface area contributed by atoms with Gasteiger partial charge in [-0.25, -0.2) is 8.42 Å². The second-order valence-electron chi connectivity index (χ2n) is 8.91.